The Morgan fingerprint density at radius 3 is 1.51 bits per heavy atom. The van der Waals surface area contributed by atoms with Crippen molar-refractivity contribution in [3.8, 4) is 0 Å². The number of carbonyl (C=O) groups excluding carboxylic acids is 11. The number of likely N-dealkylation sites (N-methyl/N-ethyl adjacent to an activating group) is 7. The SMILES string of the molecule is C/C=C/C[C@@H](C)[C@@H](OC(C)=O)[C@H]1C(=O)N[C@@H](CC)C(=O)N(C)CC(=O)N(C)[C@@H](CC(C)C)C(=O)N[C@@H](C(C)C)C(=O)N(C)[C@@H](CC(C)C)C(=O)N[C@@H](C)C(SCc2ccccc2)=N[C@H](C)C(=O)N(C)[C@@H](CC(C)C)C(=O)N(C)[C@@H](CC(C)C)C(=O)N(C)[C@@H](C(C)C)C(=O)N1C. The van der Waals surface area contributed by atoms with Crippen LogP contribution in [0.3, 0.4) is 0 Å². The number of nitrogens with one attached hydrogen (secondary N) is 3. The summed E-state index contributed by atoms with van der Waals surface area (Å²) in [6, 6.07) is -2.12. The number of amides is 10. The lowest BCUT2D eigenvalue weighted by Gasteiger charge is -2.42. The van der Waals surface area contributed by atoms with E-state index in [1.165, 1.54) is 92.5 Å². The van der Waals surface area contributed by atoms with Crippen LogP contribution >= 0.6 is 11.8 Å². The quantitative estimate of drug-likeness (QED) is 0.0983. The Hall–Kier alpha value is -6.85. The Kier molecular flexibility index (Phi) is 34.9. The summed E-state index contributed by atoms with van der Waals surface area (Å²) < 4.78 is 5.97. The topological polar surface area (TPSA) is 268 Å². The highest BCUT2D eigenvalue weighted by atomic mass is 32.2. The van der Waals surface area contributed by atoms with Crippen molar-refractivity contribution in [1.29, 1.82) is 0 Å². The van der Waals surface area contributed by atoms with Crippen molar-refractivity contribution in [3.63, 3.8) is 0 Å². The van der Waals surface area contributed by atoms with Gasteiger partial charge in [-0.1, -0.05) is 139 Å². The number of aliphatic imine (C=N–C) groups is 1. The van der Waals surface area contributed by atoms with Crippen molar-refractivity contribution in [3.05, 3.63) is 48.0 Å². The van der Waals surface area contributed by atoms with Gasteiger partial charge in [-0.3, -0.25) is 57.7 Å². The minimum Gasteiger partial charge on any atom is -0.459 e. The molecule has 10 amide bonds. The standard InChI is InChI=1S/C71H119N11O12S/c1-26-28-32-47(15)61(94-50(18)83)60-64(87)74-52(27-2)67(89)76(19)39-57(84)77(20)53(35-41(3)4)63(86)75-58(45(11)12)70(92)78(21)54(36-42(5)6)62(85)72-48(16)65(95-40-51-33-30-29-31-34-51)73-49(17)66(88)79(22)55(37-43(7)8)68(90)80(23)56(38-44(9)10)69(91)81(24)59(46(13)14)71(93)82(60)25/h26,28-31,33-34,41-49,52-56,58-61H,27,32,35-40H2,1-25H3,(H,72,85)(H,74,87)(H,75,86)/b28-26+,73-65?/t47-,48+,49-,52+,53+,54+,55+,56+,58+,59+,60+,61-/m1/s1. The summed E-state index contributed by atoms with van der Waals surface area (Å²) in [4.78, 5) is 177. The zero-order chi connectivity index (χ0) is 72.8. The van der Waals surface area contributed by atoms with Crippen LogP contribution in [-0.2, 0) is 63.2 Å². The maximum atomic E-state index is 15.5. The maximum Gasteiger partial charge on any atom is 0.303 e. The summed E-state index contributed by atoms with van der Waals surface area (Å²) in [5.41, 5.74) is 0.945. The lowest BCUT2D eigenvalue weighted by atomic mass is 9.91. The monoisotopic (exact) mass is 1350 g/mol. The molecule has 1 aliphatic rings. The first-order chi connectivity index (χ1) is 44.2. The van der Waals surface area contributed by atoms with Crippen molar-refractivity contribution in [2.45, 2.75) is 235 Å². The molecule has 1 aromatic rings. The third-order valence-electron chi connectivity index (χ3n) is 17.5. The van der Waals surface area contributed by atoms with Gasteiger partial charge in [-0.2, -0.15) is 0 Å². The third-order valence-corrected chi connectivity index (χ3v) is 18.7. The molecular weight excluding hydrogens is 1230 g/mol. The van der Waals surface area contributed by atoms with Crippen LogP contribution in [0.1, 0.15) is 169 Å². The molecule has 0 fully saturated rings. The second-order valence-corrected chi connectivity index (χ2v) is 29.4. The van der Waals surface area contributed by atoms with Gasteiger partial charge >= 0.3 is 5.97 Å². The summed E-state index contributed by atoms with van der Waals surface area (Å²) >= 11 is 1.32. The van der Waals surface area contributed by atoms with Gasteiger partial charge in [0.1, 0.15) is 60.5 Å². The zero-order valence-corrected chi connectivity index (χ0v) is 62.8. The molecule has 24 heteroatoms. The van der Waals surface area contributed by atoms with Gasteiger partial charge in [-0.05, 0) is 106 Å². The van der Waals surface area contributed by atoms with Crippen molar-refractivity contribution in [2.24, 2.45) is 46.4 Å². The number of esters is 1. The van der Waals surface area contributed by atoms with Gasteiger partial charge in [-0.15, -0.1) is 11.8 Å². The van der Waals surface area contributed by atoms with E-state index >= 15 is 19.2 Å². The number of allylic oxidation sites excluding steroid dienone is 2. The first kappa shape index (κ1) is 84.2. The second kappa shape index (κ2) is 39.4. The largest absolute Gasteiger partial charge is 0.459 e. The highest BCUT2D eigenvalue weighted by Gasteiger charge is 2.47. The second-order valence-electron chi connectivity index (χ2n) is 28.4. The number of hydrogen-bond donors (Lipinski definition) is 3. The molecule has 2 rings (SSSR count). The lowest BCUT2D eigenvalue weighted by molar-refractivity contribution is -0.164. The zero-order valence-electron chi connectivity index (χ0n) is 62.0. The van der Waals surface area contributed by atoms with Crippen LogP contribution < -0.4 is 16.0 Å². The van der Waals surface area contributed by atoms with Crippen LogP contribution in [0.25, 0.3) is 0 Å². The van der Waals surface area contributed by atoms with E-state index in [1.807, 2.05) is 91.8 Å². The first-order valence-corrected chi connectivity index (χ1v) is 34.9. The van der Waals surface area contributed by atoms with Crippen LogP contribution in [-0.4, -0.2) is 227 Å². The van der Waals surface area contributed by atoms with Gasteiger partial charge < -0.3 is 55.0 Å². The number of benzene rings is 1. The fourth-order valence-electron chi connectivity index (χ4n) is 11.9. The number of carbonyl (C=O) groups is 11. The van der Waals surface area contributed by atoms with E-state index < -0.39 is 156 Å². The van der Waals surface area contributed by atoms with Crippen LogP contribution in [0, 0.1) is 41.4 Å². The van der Waals surface area contributed by atoms with Gasteiger partial charge in [0.25, 0.3) is 0 Å². The number of ether oxygens (including phenoxy) is 1. The van der Waals surface area contributed by atoms with E-state index in [1.54, 1.807) is 68.4 Å². The number of nitrogens with zero attached hydrogens (tertiary/aromatic N) is 8. The van der Waals surface area contributed by atoms with E-state index in [2.05, 4.69) is 16.0 Å². The Balaban J connectivity index is 3.17. The third kappa shape index (κ3) is 24.6. The van der Waals surface area contributed by atoms with Crippen molar-refractivity contribution < 1.29 is 57.5 Å². The lowest BCUT2D eigenvalue weighted by Crippen LogP contribution is -2.64. The van der Waals surface area contributed by atoms with E-state index in [0.717, 1.165) is 15.4 Å². The molecule has 3 N–H and O–H groups in total. The van der Waals surface area contributed by atoms with Gasteiger partial charge in [0.15, 0.2) is 0 Å². The van der Waals surface area contributed by atoms with Gasteiger partial charge in [0, 0.05) is 62.0 Å². The van der Waals surface area contributed by atoms with Crippen molar-refractivity contribution in [2.75, 3.05) is 55.9 Å². The minimum absolute atomic E-state index is 0.00478. The minimum atomic E-state index is -1.60. The normalized spacial score (nSPS) is 25.2. The predicted molar refractivity (Wildman–Crippen MR) is 375 cm³/mol. The summed E-state index contributed by atoms with van der Waals surface area (Å²) in [5.74, 6) is -8.83. The van der Waals surface area contributed by atoms with E-state index in [0.29, 0.717) is 17.2 Å². The Morgan fingerprint density at radius 2 is 1.03 bits per heavy atom. The molecule has 1 heterocycles. The molecule has 0 bridgehead atoms. The molecule has 1 aromatic carbocycles. The number of thioether (sulfide) groups is 1. The molecule has 0 saturated heterocycles. The fraction of sp³-hybridized carbons (Fsp3) is 0.718. The predicted octanol–water partition coefficient (Wildman–Crippen LogP) is 7.06. The molecular formula is C71H119N11O12S. The van der Waals surface area contributed by atoms with E-state index in [4.69, 9.17) is 9.73 Å². The Bertz CT molecular complexity index is 2810. The number of rotatable bonds is 18. The summed E-state index contributed by atoms with van der Waals surface area (Å²) in [6.07, 6.45) is 3.35. The maximum absolute atomic E-state index is 15.5. The molecule has 95 heavy (non-hydrogen) atoms. The van der Waals surface area contributed by atoms with Crippen LogP contribution in [0.15, 0.2) is 47.5 Å². The van der Waals surface area contributed by atoms with Crippen molar-refractivity contribution >= 4 is 81.8 Å². The van der Waals surface area contributed by atoms with Crippen LogP contribution in [0.5, 0.6) is 0 Å². The van der Waals surface area contributed by atoms with Gasteiger partial charge in [0.05, 0.1) is 17.6 Å². The molecule has 23 nitrogen and oxygen atoms in total. The van der Waals surface area contributed by atoms with Crippen LogP contribution in [0.2, 0.25) is 0 Å². The average Bonchev–Trinajstić information content (AvgIpc) is 0.806. The molecule has 0 radical (unpaired) electrons. The average molecular weight is 1350 g/mol. The van der Waals surface area contributed by atoms with Gasteiger partial charge in [-0.25, -0.2) is 0 Å². The van der Waals surface area contributed by atoms with Gasteiger partial charge in [0.2, 0.25) is 59.1 Å². The molecule has 0 aliphatic carbocycles. The highest BCUT2D eigenvalue weighted by molar-refractivity contribution is 8.13. The summed E-state index contributed by atoms with van der Waals surface area (Å²) in [6.45, 7) is 31.5. The Labute approximate surface area is 572 Å². The summed E-state index contributed by atoms with van der Waals surface area (Å²) in [7, 11) is 10.2. The molecule has 0 spiro atoms. The molecule has 12 atom stereocenters. The van der Waals surface area contributed by atoms with E-state index in [-0.39, 0.29) is 55.8 Å². The van der Waals surface area contributed by atoms with E-state index in [9.17, 15) is 33.6 Å². The van der Waals surface area contributed by atoms with Crippen LogP contribution in [0.4, 0.5) is 0 Å². The molecule has 0 saturated carbocycles. The Morgan fingerprint density at radius 1 is 0.568 bits per heavy atom. The molecule has 0 aromatic heterocycles. The molecule has 536 valence electrons. The summed E-state index contributed by atoms with van der Waals surface area (Å²) in [5, 5.41) is 9.24. The molecule has 1 aliphatic heterocycles. The smallest absolute Gasteiger partial charge is 0.303 e. The van der Waals surface area contributed by atoms with Crippen molar-refractivity contribution in [1.82, 2.24) is 50.2 Å². The molecule has 0 unspecified atom stereocenters. The first-order valence-electron chi connectivity index (χ1n) is 33.9. The highest BCUT2D eigenvalue weighted by Crippen LogP contribution is 2.28. The number of hydrogen-bond acceptors (Lipinski definition) is 14. The fourth-order valence-corrected chi connectivity index (χ4v) is 12.9.